The van der Waals surface area contributed by atoms with Crippen molar-refractivity contribution in [3.8, 4) is 0 Å². The molecule has 3 nitrogen and oxygen atoms in total. The van der Waals surface area contributed by atoms with Gasteiger partial charge in [-0.15, -0.1) is 11.3 Å². The van der Waals surface area contributed by atoms with Gasteiger partial charge in [0.1, 0.15) is 0 Å². The molecule has 0 unspecified atom stereocenters. The Bertz CT molecular complexity index is 549. The predicted octanol–water partition coefficient (Wildman–Crippen LogP) is 4.33. The first kappa shape index (κ1) is 15.7. The highest BCUT2D eigenvalue weighted by Gasteiger charge is 2.30. The molecule has 4 heteroatoms. The van der Waals surface area contributed by atoms with Crippen molar-refractivity contribution in [2.24, 2.45) is 5.92 Å². The first-order valence-electron chi connectivity index (χ1n) is 8.54. The lowest BCUT2D eigenvalue weighted by Crippen LogP contribution is -2.42. The third-order valence-corrected chi connectivity index (χ3v) is 5.86. The van der Waals surface area contributed by atoms with Gasteiger partial charge in [0.05, 0.1) is 10.7 Å². The van der Waals surface area contributed by atoms with Crippen molar-refractivity contribution in [3.63, 3.8) is 0 Å². The summed E-state index contributed by atoms with van der Waals surface area (Å²) in [5.41, 5.74) is 1.20. The number of allylic oxidation sites excluding steroid dienone is 2. The maximum atomic E-state index is 12.7. The number of carbonyl (C=O) groups is 1. The van der Waals surface area contributed by atoms with Gasteiger partial charge in [-0.3, -0.25) is 4.79 Å². The van der Waals surface area contributed by atoms with Crippen molar-refractivity contribution in [1.82, 2.24) is 9.88 Å². The summed E-state index contributed by atoms with van der Waals surface area (Å²) in [6.07, 6.45) is 9.64. The van der Waals surface area contributed by atoms with E-state index in [4.69, 9.17) is 4.98 Å². The third kappa shape index (κ3) is 3.43. The lowest BCUT2D eigenvalue weighted by molar-refractivity contribution is -0.137. The van der Waals surface area contributed by atoms with Crippen LogP contribution in [-0.2, 0) is 4.79 Å². The highest BCUT2D eigenvalue weighted by atomic mass is 32.1. The van der Waals surface area contributed by atoms with Gasteiger partial charge in [0.2, 0.25) is 5.91 Å². The average molecular weight is 318 g/mol. The monoisotopic (exact) mass is 318 g/mol. The molecule has 1 aromatic rings. The number of rotatable bonds is 3. The van der Waals surface area contributed by atoms with E-state index in [0.29, 0.717) is 17.7 Å². The van der Waals surface area contributed by atoms with E-state index in [0.717, 1.165) is 38.8 Å². The molecule has 1 aromatic heterocycles. The minimum absolute atomic E-state index is 0.214. The fourth-order valence-corrected chi connectivity index (χ4v) is 4.52. The summed E-state index contributed by atoms with van der Waals surface area (Å²) in [7, 11) is 0. The molecule has 22 heavy (non-hydrogen) atoms. The molecular formula is C18H26N2OS. The Balaban J connectivity index is 1.65. The summed E-state index contributed by atoms with van der Waals surface area (Å²) in [5.74, 6) is 1.51. The highest BCUT2D eigenvalue weighted by Crippen LogP contribution is 2.32. The van der Waals surface area contributed by atoms with Crippen LogP contribution in [0.5, 0.6) is 0 Å². The summed E-state index contributed by atoms with van der Waals surface area (Å²) in [4.78, 5) is 19.6. The molecule has 120 valence electrons. The van der Waals surface area contributed by atoms with Crippen molar-refractivity contribution in [2.45, 2.75) is 57.8 Å². The molecule has 1 amide bonds. The first-order chi connectivity index (χ1) is 10.6. The zero-order valence-electron chi connectivity index (χ0n) is 13.6. The lowest BCUT2D eigenvalue weighted by Gasteiger charge is -2.34. The second-order valence-electron chi connectivity index (χ2n) is 6.87. The fourth-order valence-electron chi connectivity index (χ4n) is 3.41. The Kier molecular flexibility index (Phi) is 4.97. The number of aromatic nitrogens is 1. The van der Waals surface area contributed by atoms with Crippen LogP contribution in [0.15, 0.2) is 17.5 Å². The molecule has 0 bridgehead atoms. The molecule has 3 rings (SSSR count). The number of carbonyl (C=O) groups excluding carboxylic acids is 1. The largest absolute Gasteiger partial charge is 0.342 e. The molecule has 0 spiro atoms. The van der Waals surface area contributed by atoms with Crippen LogP contribution >= 0.6 is 11.3 Å². The zero-order chi connectivity index (χ0) is 15.5. The second kappa shape index (κ2) is 6.95. The van der Waals surface area contributed by atoms with Gasteiger partial charge in [-0.2, -0.15) is 0 Å². The van der Waals surface area contributed by atoms with Crippen LogP contribution in [0.1, 0.15) is 68.5 Å². The number of piperidine rings is 1. The summed E-state index contributed by atoms with van der Waals surface area (Å²) in [6, 6.07) is 0. The maximum absolute atomic E-state index is 12.7. The quantitative estimate of drug-likeness (QED) is 0.777. The van der Waals surface area contributed by atoms with Gasteiger partial charge in [0.25, 0.3) is 0 Å². The van der Waals surface area contributed by atoms with Crippen LogP contribution in [0.3, 0.4) is 0 Å². The van der Waals surface area contributed by atoms with Crippen molar-refractivity contribution in [1.29, 1.82) is 0 Å². The van der Waals surface area contributed by atoms with Crippen LogP contribution in [0.4, 0.5) is 0 Å². The maximum Gasteiger partial charge on any atom is 0.226 e. The Morgan fingerprint density at radius 3 is 2.91 bits per heavy atom. The van der Waals surface area contributed by atoms with Gasteiger partial charge >= 0.3 is 0 Å². The van der Waals surface area contributed by atoms with E-state index in [1.54, 1.807) is 11.3 Å². The van der Waals surface area contributed by atoms with E-state index in [-0.39, 0.29) is 5.92 Å². The molecular weight excluding hydrogens is 292 g/mol. The molecule has 0 N–H and O–H groups in total. The SMILES string of the molecule is CC(C)c1csc([C@@H]2CCCN(C(=O)[C@H]3CC=CCC3)C2)n1. The number of nitrogens with zero attached hydrogens (tertiary/aromatic N) is 2. The molecule has 0 aromatic carbocycles. The van der Waals surface area contributed by atoms with Crippen molar-refractivity contribution in [2.75, 3.05) is 13.1 Å². The topological polar surface area (TPSA) is 33.2 Å². The number of hydrogen-bond acceptors (Lipinski definition) is 3. The van der Waals surface area contributed by atoms with Crippen molar-refractivity contribution >= 4 is 17.2 Å². The van der Waals surface area contributed by atoms with Crippen molar-refractivity contribution in [3.05, 3.63) is 28.2 Å². The van der Waals surface area contributed by atoms with E-state index in [9.17, 15) is 4.79 Å². The van der Waals surface area contributed by atoms with Gasteiger partial charge in [0.15, 0.2) is 0 Å². The molecule has 1 aliphatic carbocycles. The van der Waals surface area contributed by atoms with Gasteiger partial charge < -0.3 is 4.90 Å². The molecule has 0 saturated carbocycles. The Labute approximate surface area is 137 Å². The van der Waals surface area contributed by atoms with Crippen molar-refractivity contribution < 1.29 is 4.79 Å². The van der Waals surface area contributed by atoms with E-state index in [1.807, 2.05) is 0 Å². The smallest absolute Gasteiger partial charge is 0.226 e. The van der Waals surface area contributed by atoms with Crippen LogP contribution in [0.25, 0.3) is 0 Å². The fraction of sp³-hybridized carbons (Fsp3) is 0.667. The summed E-state index contributed by atoms with van der Waals surface area (Å²) >= 11 is 1.77. The van der Waals surface area contributed by atoms with Crippen LogP contribution in [0, 0.1) is 5.92 Å². The van der Waals surface area contributed by atoms with Gasteiger partial charge in [0, 0.05) is 30.3 Å². The van der Waals surface area contributed by atoms with E-state index in [1.165, 1.54) is 17.1 Å². The molecule has 2 atom stereocenters. The zero-order valence-corrected chi connectivity index (χ0v) is 14.4. The van der Waals surface area contributed by atoms with Crippen LogP contribution < -0.4 is 0 Å². The van der Waals surface area contributed by atoms with E-state index >= 15 is 0 Å². The number of likely N-dealkylation sites (tertiary alicyclic amines) is 1. The molecule has 2 aliphatic rings. The van der Waals surface area contributed by atoms with E-state index < -0.39 is 0 Å². The Morgan fingerprint density at radius 1 is 1.36 bits per heavy atom. The molecule has 1 aliphatic heterocycles. The standard InChI is InChI=1S/C18H26N2OS/c1-13(2)16-12-22-17(19-16)15-9-6-10-20(11-15)18(21)14-7-4-3-5-8-14/h3-4,12-15H,5-11H2,1-2H3/t14-,15+/m0/s1. The molecule has 0 radical (unpaired) electrons. The van der Waals surface area contributed by atoms with Gasteiger partial charge in [-0.1, -0.05) is 26.0 Å². The molecule has 1 fully saturated rings. The third-order valence-electron chi connectivity index (χ3n) is 4.83. The van der Waals surface area contributed by atoms with Gasteiger partial charge in [-0.25, -0.2) is 4.98 Å². The Hall–Kier alpha value is -1.16. The summed E-state index contributed by atoms with van der Waals surface area (Å²) in [6.45, 7) is 6.17. The number of amides is 1. The van der Waals surface area contributed by atoms with Gasteiger partial charge in [-0.05, 0) is 38.0 Å². The predicted molar refractivity (Wildman–Crippen MR) is 91.2 cm³/mol. The summed E-state index contributed by atoms with van der Waals surface area (Å²) < 4.78 is 0. The van der Waals surface area contributed by atoms with E-state index in [2.05, 4.69) is 36.3 Å². The Morgan fingerprint density at radius 2 is 2.23 bits per heavy atom. The van der Waals surface area contributed by atoms with Crippen LogP contribution in [-0.4, -0.2) is 28.9 Å². The summed E-state index contributed by atoms with van der Waals surface area (Å²) in [5, 5.41) is 3.41. The number of thiazole rings is 1. The number of hydrogen-bond donors (Lipinski definition) is 0. The molecule has 2 heterocycles. The van der Waals surface area contributed by atoms with Crippen LogP contribution in [0.2, 0.25) is 0 Å². The lowest BCUT2D eigenvalue weighted by atomic mass is 9.91. The molecule has 1 saturated heterocycles. The first-order valence-corrected chi connectivity index (χ1v) is 9.42. The average Bonchev–Trinajstić information content (AvgIpc) is 3.05. The minimum Gasteiger partial charge on any atom is -0.342 e. The minimum atomic E-state index is 0.214. The second-order valence-corrected chi connectivity index (χ2v) is 7.76. The normalized spacial score (nSPS) is 25.7. The highest BCUT2D eigenvalue weighted by molar-refractivity contribution is 7.09.